The molecule has 8 aromatic rings. The van der Waals surface area contributed by atoms with Crippen LogP contribution in [0.1, 0.15) is 50.5 Å². The molecular weight excluding hydrogens is 833 g/mol. The molecule has 3 unspecified atom stereocenters. The summed E-state index contributed by atoms with van der Waals surface area (Å²) in [6.07, 6.45) is 9.15. The van der Waals surface area contributed by atoms with Crippen LogP contribution < -0.4 is 20.1 Å². The standard InChI is InChI=1S/C50H44N12O4/c1-29-6-8-35(22-51-29)33-10-12-43-39(20-33)49(63)57-45-5-3-4-41(55-45)47-59-53-27-61(47)24-31(14-15-65-43)16-32-17-42-48-60-54-28-62(48)25-37-19-38(37)26-66-44-13-11-34(36-9-7-30(2)52-23-36)21-40(44)50(64)58-46(18-32)56-42/h3-13,17-18,20-23,27-28,31,37-38H,14-16,19,24-26H2,1-2H3,(H,55,57,63)(H,56,58,64). The van der Waals surface area contributed by atoms with Crippen LogP contribution >= 0.6 is 0 Å². The van der Waals surface area contributed by atoms with Gasteiger partial charge in [0, 0.05) is 48.0 Å². The largest absolute Gasteiger partial charge is 0.493 e. The van der Waals surface area contributed by atoms with E-state index in [0.717, 1.165) is 45.6 Å². The number of aryl methyl sites for hydroxylation is 2. The Morgan fingerprint density at radius 1 is 0.636 bits per heavy atom. The van der Waals surface area contributed by atoms with Crippen LogP contribution in [0, 0.1) is 31.6 Å². The van der Waals surface area contributed by atoms with Crippen molar-refractivity contribution in [3.63, 3.8) is 0 Å². The predicted molar refractivity (Wildman–Crippen MR) is 246 cm³/mol. The van der Waals surface area contributed by atoms with Crippen LogP contribution in [0.25, 0.3) is 45.3 Å². The van der Waals surface area contributed by atoms with Crippen molar-refractivity contribution in [2.45, 2.75) is 46.2 Å². The highest BCUT2D eigenvalue weighted by Gasteiger charge is 2.39. The molecule has 66 heavy (non-hydrogen) atoms. The van der Waals surface area contributed by atoms with E-state index in [4.69, 9.17) is 19.4 Å². The fraction of sp³-hybridized carbons (Fsp3) is 0.240. The lowest BCUT2D eigenvalue weighted by Gasteiger charge is -2.21. The highest BCUT2D eigenvalue weighted by Crippen LogP contribution is 2.42. The summed E-state index contributed by atoms with van der Waals surface area (Å²) in [5, 5.41) is 23.7. The van der Waals surface area contributed by atoms with Crippen molar-refractivity contribution in [1.82, 2.24) is 49.5 Å². The number of pyridine rings is 4. The smallest absolute Gasteiger partial charge is 0.260 e. The summed E-state index contributed by atoms with van der Waals surface area (Å²) in [5.74, 6) is 2.75. The molecule has 328 valence electrons. The second-order valence-corrected chi connectivity index (χ2v) is 17.2. The molecule has 1 saturated carbocycles. The van der Waals surface area contributed by atoms with Gasteiger partial charge in [-0.25, -0.2) is 9.97 Å². The summed E-state index contributed by atoms with van der Waals surface area (Å²) in [7, 11) is 0. The maximum absolute atomic E-state index is 14.4. The minimum Gasteiger partial charge on any atom is -0.493 e. The van der Waals surface area contributed by atoms with Gasteiger partial charge in [-0.05, 0) is 128 Å². The number of anilines is 2. The summed E-state index contributed by atoms with van der Waals surface area (Å²) in [6, 6.07) is 28.5. The Bertz CT molecular complexity index is 3130. The third-order valence-electron chi connectivity index (χ3n) is 12.5. The lowest BCUT2D eigenvalue weighted by molar-refractivity contribution is 0.101. The number of nitrogens with zero attached hydrogens (tertiary/aromatic N) is 10. The molecule has 1 aliphatic carbocycles. The van der Waals surface area contributed by atoms with E-state index < -0.39 is 0 Å². The molecule has 8 heterocycles. The van der Waals surface area contributed by atoms with Gasteiger partial charge in [0.25, 0.3) is 11.8 Å². The zero-order valence-electron chi connectivity index (χ0n) is 36.3. The lowest BCUT2D eigenvalue weighted by atomic mass is 9.95. The van der Waals surface area contributed by atoms with E-state index in [1.807, 2.05) is 114 Å². The number of aromatic nitrogens is 10. The molecule has 3 atom stereocenters. The number of fused-ring (bicyclic) bond motifs is 11. The first-order chi connectivity index (χ1) is 32.3. The van der Waals surface area contributed by atoms with Crippen LogP contribution in [0.15, 0.2) is 116 Å². The highest BCUT2D eigenvalue weighted by atomic mass is 16.5. The van der Waals surface area contributed by atoms with Crippen LogP contribution in [0.4, 0.5) is 11.6 Å². The van der Waals surface area contributed by atoms with E-state index in [1.54, 1.807) is 24.9 Å². The lowest BCUT2D eigenvalue weighted by Crippen LogP contribution is -2.20. The number of benzene rings is 2. The Morgan fingerprint density at radius 2 is 1.26 bits per heavy atom. The molecule has 2 aliphatic heterocycles. The van der Waals surface area contributed by atoms with Gasteiger partial charge >= 0.3 is 0 Å². The molecule has 3 aliphatic rings. The van der Waals surface area contributed by atoms with Crippen molar-refractivity contribution in [2.24, 2.45) is 17.8 Å². The second kappa shape index (κ2) is 17.1. The Hall–Kier alpha value is -8.14. The van der Waals surface area contributed by atoms with Gasteiger partial charge in [-0.15, -0.1) is 20.4 Å². The third-order valence-corrected chi connectivity index (χ3v) is 12.5. The normalized spacial score (nSPS) is 17.9. The third kappa shape index (κ3) is 8.47. The summed E-state index contributed by atoms with van der Waals surface area (Å²) >= 11 is 0. The summed E-state index contributed by atoms with van der Waals surface area (Å²) in [5.41, 5.74) is 8.08. The molecule has 0 spiro atoms. The van der Waals surface area contributed by atoms with Gasteiger partial charge in [0.05, 0.1) is 24.3 Å². The molecule has 11 rings (SSSR count). The predicted octanol–water partition coefficient (Wildman–Crippen LogP) is 7.91. The summed E-state index contributed by atoms with van der Waals surface area (Å²) in [4.78, 5) is 47.2. The number of nitrogens with one attached hydrogen (secondary N) is 2. The van der Waals surface area contributed by atoms with E-state index >= 15 is 0 Å². The Balaban J connectivity index is 0.955. The van der Waals surface area contributed by atoms with Gasteiger partial charge < -0.3 is 29.2 Å². The number of carbonyl (C=O) groups excluding carboxylic acids is 2. The van der Waals surface area contributed by atoms with Crippen molar-refractivity contribution >= 4 is 23.5 Å². The maximum atomic E-state index is 14.4. The van der Waals surface area contributed by atoms with Crippen LogP contribution in [-0.4, -0.2) is 74.5 Å². The number of carbonyl (C=O) groups is 2. The average Bonchev–Trinajstić information content (AvgIpc) is 3.61. The summed E-state index contributed by atoms with van der Waals surface area (Å²) in [6.45, 7) is 5.89. The first kappa shape index (κ1) is 40.6. The minimum atomic E-state index is -0.362. The van der Waals surface area contributed by atoms with Crippen LogP contribution in [0.5, 0.6) is 11.5 Å². The number of hydrogen-bond acceptors (Lipinski definition) is 12. The van der Waals surface area contributed by atoms with Crippen molar-refractivity contribution in [1.29, 1.82) is 0 Å². The molecule has 16 nitrogen and oxygen atoms in total. The molecule has 2 N–H and O–H groups in total. The van der Waals surface area contributed by atoms with Crippen LogP contribution in [0.2, 0.25) is 0 Å². The molecule has 16 heteroatoms. The van der Waals surface area contributed by atoms with E-state index in [1.165, 1.54) is 0 Å². The van der Waals surface area contributed by atoms with Gasteiger partial charge in [0.1, 0.15) is 47.2 Å². The van der Waals surface area contributed by atoms with Gasteiger partial charge in [0.15, 0.2) is 11.6 Å². The van der Waals surface area contributed by atoms with E-state index in [9.17, 15) is 9.59 Å². The molecule has 2 amide bonds. The Kier molecular flexibility index (Phi) is 10.5. The van der Waals surface area contributed by atoms with Crippen molar-refractivity contribution < 1.29 is 19.1 Å². The minimum absolute atomic E-state index is 0.0599. The van der Waals surface area contributed by atoms with Gasteiger partial charge in [-0.3, -0.25) is 19.6 Å². The van der Waals surface area contributed by atoms with Gasteiger partial charge in [-0.1, -0.05) is 30.3 Å². The first-order valence-electron chi connectivity index (χ1n) is 22.0. The van der Waals surface area contributed by atoms with E-state index in [0.29, 0.717) is 108 Å². The second-order valence-electron chi connectivity index (χ2n) is 17.2. The van der Waals surface area contributed by atoms with Crippen LogP contribution in [0.3, 0.4) is 0 Å². The summed E-state index contributed by atoms with van der Waals surface area (Å²) < 4.78 is 16.9. The fourth-order valence-corrected chi connectivity index (χ4v) is 8.75. The van der Waals surface area contributed by atoms with E-state index in [-0.39, 0.29) is 17.7 Å². The molecule has 6 aromatic heterocycles. The highest BCUT2D eigenvalue weighted by molar-refractivity contribution is 6.07. The molecule has 4 bridgehead atoms. The molecule has 0 saturated heterocycles. The van der Waals surface area contributed by atoms with Crippen molar-refractivity contribution in [2.75, 3.05) is 23.8 Å². The molecule has 2 aromatic carbocycles. The molecular formula is C50H44N12O4. The number of amides is 2. The number of ether oxygens (including phenoxy) is 2. The number of hydrogen-bond donors (Lipinski definition) is 2. The zero-order chi connectivity index (χ0) is 44.7. The quantitative estimate of drug-likeness (QED) is 0.174. The molecule has 0 radical (unpaired) electrons. The topological polar surface area (TPSA) is 190 Å². The van der Waals surface area contributed by atoms with Crippen molar-refractivity contribution in [3.05, 3.63) is 144 Å². The maximum Gasteiger partial charge on any atom is 0.260 e. The molecule has 1 fully saturated rings. The Labute approximate surface area is 379 Å². The van der Waals surface area contributed by atoms with Gasteiger partial charge in [0.2, 0.25) is 0 Å². The van der Waals surface area contributed by atoms with Crippen LogP contribution in [-0.2, 0) is 19.5 Å². The number of rotatable bonds is 4. The Morgan fingerprint density at radius 3 is 1.94 bits per heavy atom. The van der Waals surface area contributed by atoms with Gasteiger partial charge in [-0.2, -0.15) is 0 Å². The SMILES string of the molecule is Cc1ccc(-c2ccc3c(c2)C(=O)Nc2cccc(n2)-c2nncn2CC(Cc2cc4nc(c2)-c2nncn2CC2CC2COc2ccc(-c5ccc(C)nc5)cc2C(=O)N4)CCO3)cn1. The zero-order valence-corrected chi connectivity index (χ0v) is 36.3. The average molecular weight is 877 g/mol. The fourth-order valence-electron chi connectivity index (χ4n) is 8.75. The monoisotopic (exact) mass is 876 g/mol. The first-order valence-corrected chi connectivity index (χ1v) is 22.0. The van der Waals surface area contributed by atoms with Crippen molar-refractivity contribution in [3.8, 4) is 56.8 Å². The van der Waals surface area contributed by atoms with E-state index in [2.05, 4.69) is 41.0 Å².